The fourth-order valence-corrected chi connectivity index (χ4v) is 2.78. The molecule has 100 valence electrons. The third-order valence-electron chi connectivity index (χ3n) is 3.71. The first kappa shape index (κ1) is 12.6. The topological polar surface area (TPSA) is 33.2 Å². The summed E-state index contributed by atoms with van der Waals surface area (Å²) in [5, 5.41) is 0. The van der Waals surface area contributed by atoms with Gasteiger partial charge in [-0.25, -0.2) is 0 Å². The molecule has 2 heterocycles. The molecule has 3 nitrogen and oxygen atoms in total. The highest BCUT2D eigenvalue weighted by Gasteiger charge is 2.31. The van der Waals surface area contributed by atoms with Crippen molar-refractivity contribution in [3.63, 3.8) is 0 Å². The molecule has 3 rings (SSSR count). The zero-order valence-electron chi connectivity index (χ0n) is 11.2. The SMILES string of the molecule is C=CC(=O)N1CCc2ccccc2C1c1ccccn1. The van der Waals surface area contributed by atoms with E-state index in [-0.39, 0.29) is 11.9 Å². The average molecular weight is 264 g/mol. The van der Waals surface area contributed by atoms with Crippen LogP contribution in [0.3, 0.4) is 0 Å². The van der Waals surface area contributed by atoms with Crippen LogP contribution >= 0.6 is 0 Å². The number of carbonyl (C=O) groups is 1. The van der Waals surface area contributed by atoms with E-state index in [1.165, 1.54) is 11.6 Å². The molecule has 0 aliphatic carbocycles. The van der Waals surface area contributed by atoms with Crippen molar-refractivity contribution in [2.24, 2.45) is 0 Å². The van der Waals surface area contributed by atoms with Crippen LogP contribution in [-0.4, -0.2) is 22.3 Å². The third kappa shape index (κ3) is 2.11. The van der Waals surface area contributed by atoms with E-state index in [0.29, 0.717) is 6.54 Å². The molecule has 0 saturated heterocycles. The van der Waals surface area contributed by atoms with Crippen LogP contribution in [0.2, 0.25) is 0 Å². The highest BCUT2D eigenvalue weighted by atomic mass is 16.2. The first-order valence-corrected chi connectivity index (χ1v) is 6.73. The molecule has 1 aromatic heterocycles. The minimum Gasteiger partial charge on any atom is -0.326 e. The zero-order chi connectivity index (χ0) is 13.9. The molecule has 3 heteroatoms. The monoisotopic (exact) mass is 264 g/mol. The molecule has 0 bridgehead atoms. The Morgan fingerprint density at radius 2 is 2.05 bits per heavy atom. The number of rotatable bonds is 2. The normalized spacial score (nSPS) is 17.4. The molecule has 1 unspecified atom stereocenters. The number of benzene rings is 1. The number of carbonyl (C=O) groups excluding carboxylic acids is 1. The van der Waals surface area contributed by atoms with Gasteiger partial charge in [0.25, 0.3) is 0 Å². The second kappa shape index (κ2) is 5.29. The molecule has 1 aliphatic rings. The lowest BCUT2D eigenvalue weighted by atomic mass is 9.90. The van der Waals surface area contributed by atoms with Gasteiger partial charge in [-0.2, -0.15) is 0 Å². The van der Waals surface area contributed by atoms with Crippen LogP contribution in [0.4, 0.5) is 0 Å². The van der Waals surface area contributed by atoms with Crippen LogP contribution in [0.15, 0.2) is 61.3 Å². The summed E-state index contributed by atoms with van der Waals surface area (Å²) in [4.78, 5) is 18.4. The van der Waals surface area contributed by atoms with Crippen molar-refractivity contribution in [1.29, 1.82) is 0 Å². The minimum atomic E-state index is -0.119. The molecule has 1 aliphatic heterocycles. The summed E-state index contributed by atoms with van der Waals surface area (Å²) < 4.78 is 0. The second-order valence-electron chi connectivity index (χ2n) is 4.84. The number of hydrogen-bond acceptors (Lipinski definition) is 2. The Hall–Kier alpha value is -2.42. The summed E-state index contributed by atoms with van der Waals surface area (Å²) >= 11 is 0. The van der Waals surface area contributed by atoms with Crippen molar-refractivity contribution in [2.45, 2.75) is 12.5 Å². The Bertz CT molecular complexity index is 636. The highest BCUT2D eigenvalue weighted by molar-refractivity contribution is 5.88. The first-order chi connectivity index (χ1) is 9.81. The van der Waals surface area contributed by atoms with Crippen molar-refractivity contribution in [3.8, 4) is 0 Å². The molecule has 2 aromatic rings. The molecule has 1 aromatic carbocycles. The van der Waals surface area contributed by atoms with Gasteiger partial charge in [0.1, 0.15) is 0 Å². The van der Waals surface area contributed by atoms with Crippen LogP contribution in [0, 0.1) is 0 Å². The molecule has 1 atom stereocenters. The van der Waals surface area contributed by atoms with Gasteiger partial charge < -0.3 is 4.90 Å². The Morgan fingerprint density at radius 3 is 2.80 bits per heavy atom. The van der Waals surface area contributed by atoms with Gasteiger partial charge in [0.15, 0.2) is 0 Å². The Balaban J connectivity index is 2.12. The van der Waals surface area contributed by atoms with Gasteiger partial charge in [-0.05, 0) is 35.8 Å². The van der Waals surface area contributed by atoms with Gasteiger partial charge in [0, 0.05) is 12.7 Å². The summed E-state index contributed by atoms with van der Waals surface area (Å²) in [6.07, 6.45) is 4.02. The summed E-state index contributed by atoms with van der Waals surface area (Å²) in [5.41, 5.74) is 3.35. The molecule has 0 saturated carbocycles. The highest BCUT2D eigenvalue weighted by Crippen LogP contribution is 2.34. The van der Waals surface area contributed by atoms with E-state index in [1.54, 1.807) is 6.20 Å². The van der Waals surface area contributed by atoms with E-state index in [9.17, 15) is 4.79 Å². The van der Waals surface area contributed by atoms with Crippen LogP contribution < -0.4 is 0 Å². The first-order valence-electron chi connectivity index (χ1n) is 6.73. The molecule has 0 radical (unpaired) electrons. The summed E-state index contributed by atoms with van der Waals surface area (Å²) in [7, 11) is 0. The zero-order valence-corrected chi connectivity index (χ0v) is 11.2. The van der Waals surface area contributed by atoms with E-state index in [0.717, 1.165) is 17.7 Å². The molecular weight excluding hydrogens is 248 g/mol. The standard InChI is InChI=1S/C17H16N2O/c1-2-16(20)19-12-10-13-7-3-4-8-14(13)17(19)15-9-5-6-11-18-15/h2-9,11,17H,1,10,12H2. The molecule has 0 fully saturated rings. The average Bonchev–Trinajstić information content (AvgIpc) is 2.53. The largest absolute Gasteiger partial charge is 0.326 e. The lowest BCUT2D eigenvalue weighted by molar-refractivity contribution is -0.128. The summed E-state index contributed by atoms with van der Waals surface area (Å²) in [6, 6.07) is 13.9. The van der Waals surface area contributed by atoms with Crippen molar-refractivity contribution in [1.82, 2.24) is 9.88 Å². The number of aromatic nitrogens is 1. The number of fused-ring (bicyclic) bond motifs is 1. The van der Waals surface area contributed by atoms with Crippen molar-refractivity contribution in [2.75, 3.05) is 6.54 Å². The molecule has 0 N–H and O–H groups in total. The van der Waals surface area contributed by atoms with Gasteiger partial charge in [-0.1, -0.05) is 36.9 Å². The van der Waals surface area contributed by atoms with Gasteiger partial charge in [-0.15, -0.1) is 0 Å². The fourth-order valence-electron chi connectivity index (χ4n) is 2.78. The maximum atomic E-state index is 12.1. The van der Waals surface area contributed by atoms with Crippen molar-refractivity contribution in [3.05, 3.63) is 78.1 Å². The Morgan fingerprint density at radius 1 is 1.25 bits per heavy atom. The smallest absolute Gasteiger partial charge is 0.246 e. The van der Waals surface area contributed by atoms with E-state index >= 15 is 0 Å². The van der Waals surface area contributed by atoms with Crippen LogP contribution in [0.1, 0.15) is 22.9 Å². The lowest BCUT2D eigenvalue weighted by Crippen LogP contribution is -2.40. The van der Waals surface area contributed by atoms with Crippen molar-refractivity contribution >= 4 is 5.91 Å². The lowest BCUT2D eigenvalue weighted by Gasteiger charge is -2.36. The van der Waals surface area contributed by atoms with Gasteiger partial charge in [-0.3, -0.25) is 9.78 Å². The second-order valence-corrected chi connectivity index (χ2v) is 4.84. The molecule has 20 heavy (non-hydrogen) atoms. The quantitative estimate of drug-likeness (QED) is 0.781. The maximum Gasteiger partial charge on any atom is 0.246 e. The predicted octanol–water partition coefficient (Wildman–Crippen LogP) is 2.74. The van der Waals surface area contributed by atoms with E-state index in [2.05, 4.69) is 23.7 Å². The summed E-state index contributed by atoms with van der Waals surface area (Å²) in [6.45, 7) is 4.31. The number of nitrogens with zero attached hydrogens (tertiary/aromatic N) is 2. The molecule has 1 amide bonds. The van der Waals surface area contributed by atoms with E-state index in [1.807, 2.05) is 35.2 Å². The number of amides is 1. The fraction of sp³-hybridized carbons (Fsp3) is 0.176. The predicted molar refractivity (Wildman–Crippen MR) is 78.1 cm³/mol. The third-order valence-corrected chi connectivity index (χ3v) is 3.71. The number of pyridine rings is 1. The molecular formula is C17H16N2O. The Kier molecular flexibility index (Phi) is 3.33. The van der Waals surface area contributed by atoms with Crippen LogP contribution in [-0.2, 0) is 11.2 Å². The Labute approximate surface area is 118 Å². The van der Waals surface area contributed by atoms with Crippen LogP contribution in [0.5, 0.6) is 0 Å². The van der Waals surface area contributed by atoms with Gasteiger partial charge in [0.2, 0.25) is 5.91 Å². The molecule has 0 spiro atoms. The van der Waals surface area contributed by atoms with E-state index < -0.39 is 0 Å². The number of hydrogen-bond donors (Lipinski definition) is 0. The van der Waals surface area contributed by atoms with Crippen molar-refractivity contribution < 1.29 is 4.79 Å². The van der Waals surface area contributed by atoms with Crippen LogP contribution in [0.25, 0.3) is 0 Å². The maximum absolute atomic E-state index is 12.1. The van der Waals surface area contributed by atoms with E-state index in [4.69, 9.17) is 0 Å². The summed E-state index contributed by atoms with van der Waals surface area (Å²) in [5.74, 6) is -0.0462. The van der Waals surface area contributed by atoms with Gasteiger partial charge >= 0.3 is 0 Å². The minimum absolute atomic E-state index is 0.0462. The van der Waals surface area contributed by atoms with Gasteiger partial charge in [0.05, 0.1) is 11.7 Å².